The first-order valence-corrected chi connectivity index (χ1v) is 14.4. The standard InChI is InChI=1S/C26H25ClN4O3S2/c1-2-18-7-12-22-24(15-18)35-26(29-22)30(17-19-5-3-13-28-16-19)25(32)23-6-4-14-31(23)36(33,34)21-10-8-20(27)9-11-21/h3,5,7-13,15-16,23H,2,4,6,14,17H2,1H3. The molecule has 7 nitrogen and oxygen atoms in total. The van der Waals surface area contributed by atoms with Gasteiger partial charge in [-0.1, -0.05) is 42.0 Å². The van der Waals surface area contributed by atoms with Crippen LogP contribution in [0.3, 0.4) is 0 Å². The molecule has 1 amide bonds. The van der Waals surface area contributed by atoms with Crippen molar-refractivity contribution in [1.82, 2.24) is 14.3 Å². The van der Waals surface area contributed by atoms with Crippen LogP contribution in [0.15, 0.2) is 71.9 Å². The summed E-state index contributed by atoms with van der Waals surface area (Å²) in [5.74, 6) is -0.288. The third kappa shape index (κ3) is 4.88. The molecule has 0 N–H and O–H groups in total. The van der Waals surface area contributed by atoms with Gasteiger partial charge >= 0.3 is 0 Å². The number of thiazole rings is 1. The molecule has 0 spiro atoms. The van der Waals surface area contributed by atoms with Crippen LogP contribution >= 0.6 is 22.9 Å². The highest BCUT2D eigenvalue weighted by atomic mass is 35.5. The summed E-state index contributed by atoms with van der Waals surface area (Å²) in [5.41, 5.74) is 2.84. The molecule has 10 heteroatoms. The van der Waals surface area contributed by atoms with Gasteiger partial charge in [0.15, 0.2) is 5.13 Å². The zero-order valence-electron chi connectivity index (χ0n) is 19.7. The summed E-state index contributed by atoms with van der Waals surface area (Å²) in [6, 6.07) is 15.0. The molecular formula is C26H25ClN4O3S2. The van der Waals surface area contributed by atoms with Crippen LogP contribution in [0.1, 0.15) is 30.9 Å². The zero-order chi connectivity index (χ0) is 25.3. The SMILES string of the molecule is CCc1ccc2nc(N(Cc3cccnc3)C(=O)C3CCCN3S(=O)(=O)c3ccc(Cl)cc3)sc2c1. The van der Waals surface area contributed by atoms with Crippen molar-refractivity contribution in [2.24, 2.45) is 0 Å². The van der Waals surface area contributed by atoms with Crippen LogP contribution in [0.4, 0.5) is 5.13 Å². The fourth-order valence-corrected chi connectivity index (χ4v) is 7.21. The van der Waals surface area contributed by atoms with E-state index < -0.39 is 16.1 Å². The predicted octanol–water partition coefficient (Wildman–Crippen LogP) is 5.29. The minimum atomic E-state index is -3.87. The number of carbonyl (C=O) groups is 1. The summed E-state index contributed by atoms with van der Waals surface area (Å²) in [7, 11) is -3.87. The van der Waals surface area contributed by atoms with E-state index in [9.17, 15) is 13.2 Å². The largest absolute Gasteiger partial charge is 0.282 e. The van der Waals surface area contributed by atoms with Gasteiger partial charge in [-0.25, -0.2) is 13.4 Å². The molecule has 1 aliphatic heterocycles. The predicted molar refractivity (Wildman–Crippen MR) is 143 cm³/mol. The summed E-state index contributed by atoms with van der Waals surface area (Å²) >= 11 is 7.40. The summed E-state index contributed by atoms with van der Waals surface area (Å²) in [4.78, 5) is 24.7. The summed E-state index contributed by atoms with van der Waals surface area (Å²) < 4.78 is 29.3. The Morgan fingerprint density at radius 3 is 2.69 bits per heavy atom. The average molecular weight is 541 g/mol. The molecule has 2 aromatic heterocycles. The van der Waals surface area contributed by atoms with Crippen molar-refractivity contribution in [1.29, 1.82) is 0 Å². The Morgan fingerprint density at radius 2 is 1.97 bits per heavy atom. The van der Waals surface area contributed by atoms with Crippen molar-refractivity contribution in [3.05, 3.63) is 83.1 Å². The third-order valence-corrected chi connectivity index (χ3v) is 9.53. The smallest absolute Gasteiger partial charge is 0.247 e. The van der Waals surface area contributed by atoms with Gasteiger partial charge in [-0.3, -0.25) is 14.7 Å². The molecule has 5 rings (SSSR count). The quantitative estimate of drug-likeness (QED) is 0.318. The molecule has 0 radical (unpaired) electrons. The second kappa shape index (κ2) is 10.3. The van der Waals surface area contributed by atoms with Crippen LogP contribution in [0, 0.1) is 0 Å². The van der Waals surface area contributed by atoms with Crippen molar-refractivity contribution >= 4 is 54.2 Å². The minimum Gasteiger partial charge on any atom is -0.282 e. The number of fused-ring (bicyclic) bond motifs is 1. The molecule has 1 unspecified atom stereocenters. The van der Waals surface area contributed by atoms with Crippen LogP contribution in [0.2, 0.25) is 5.02 Å². The number of pyridine rings is 1. The Kier molecular flexibility index (Phi) is 7.07. The first-order chi connectivity index (χ1) is 17.4. The summed E-state index contributed by atoms with van der Waals surface area (Å²) in [5, 5.41) is 0.996. The molecule has 0 saturated carbocycles. The average Bonchev–Trinajstić information content (AvgIpc) is 3.55. The van der Waals surface area contributed by atoms with E-state index in [-0.39, 0.29) is 23.9 Å². The van der Waals surface area contributed by atoms with Gasteiger partial charge in [0.1, 0.15) is 6.04 Å². The molecule has 1 atom stereocenters. The highest BCUT2D eigenvalue weighted by Gasteiger charge is 2.42. The van der Waals surface area contributed by atoms with Crippen molar-refractivity contribution in [2.75, 3.05) is 11.4 Å². The number of hydrogen-bond acceptors (Lipinski definition) is 6. The number of aryl methyl sites for hydroxylation is 1. The highest BCUT2D eigenvalue weighted by molar-refractivity contribution is 7.89. The number of nitrogens with zero attached hydrogens (tertiary/aromatic N) is 4. The van der Waals surface area contributed by atoms with E-state index in [1.54, 1.807) is 29.4 Å². The molecule has 1 aliphatic rings. The lowest BCUT2D eigenvalue weighted by atomic mass is 10.2. The Balaban J connectivity index is 1.52. The lowest BCUT2D eigenvalue weighted by Gasteiger charge is -2.28. The van der Waals surface area contributed by atoms with E-state index in [0.29, 0.717) is 23.0 Å². The van der Waals surface area contributed by atoms with E-state index in [2.05, 4.69) is 18.0 Å². The number of halogens is 1. The topological polar surface area (TPSA) is 83.5 Å². The Labute approximate surface area is 219 Å². The zero-order valence-corrected chi connectivity index (χ0v) is 22.1. The van der Waals surface area contributed by atoms with Gasteiger partial charge in [0.25, 0.3) is 0 Å². The minimum absolute atomic E-state index is 0.123. The summed E-state index contributed by atoms with van der Waals surface area (Å²) in [6.45, 7) is 2.62. The first kappa shape index (κ1) is 24.8. The molecule has 186 valence electrons. The lowest BCUT2D eigenvalue weighted by Crippen LogP contribution is -2.47. The van der Waals surface area contributed by atoms with Crippen molar-refractivity contribution in [3.8, 4) is 0 Å². The molecule has 0 bridgehead atoms. The Morgan fingerprint density at radius 1 is 1.17 bits per heavy atom. The van der Waals surface area contributed by atoms with Crippen LogP contribution in [-0.2, 0) is 27.8 Å². The second-order valence-corrected chi connectivity index (χ2v) is 12.0. The van der Waals surface area contributed by atoms with Gasteiger partial charge in [-0.15, -0.1) is 0 Å². The van der Waals surface area contributed by atoms with Gasteiger partial charge in [0, 0.05) is 24.0 Å². The molecule has 4 aromatic rings. The molecule has 0 aliphatic carbocycles. The maximum absolute atomic E-state index is 14.0. The third-order valence-electron chi connectivity index (χ3n) is 6.32. The monoisotopic (exact) mass is 540 g/mol. The number of carbonyl (C=O) groups excluding carboxylic acids is 1. The van der Waals surface area contributed by atoms with Crippen molar-refractivity contribution in [2.45, 2.75) is 43.7 Å². The molecule has 36 heavy (non-hydrogen) atoms. The molecule has 3 heterocycles. The number of amides is 1. The highest BCUT2D eigenvalue weighted by Crippen LogP contribution is 2.34. The number of sulfonamides is 1. The van der Waals surface area contributed by atoms with Gasteiger partial charge < -0.3 is 0 Å². The molecular weight excluding hydrogens is 516 g/mol. The van der Waals surface area contributed by atoms with E-state index >= 15 is 0 Å². The van der Waals surface area contributed by atoms with Crippen LogP contribution in [-0.4, -0.2) is 41.2 Å². The van der Waals surface area contributed by atoms with Gasteiger partial charge in [-0.05, 0) is 72.9 Å². The van der Waals surface area contributed by atoms with Crippen LogP contribution in [0.5, 0.6) is 0 Å². The maximum Gasteiger partial charge on any atom is 0.247 e. The fraction of sp³-hybridized carbons (Fsp3) is 0.269. The second-order valence-electron chi connectivity index (χ2n) is 8.67. The maximum atomic E-state index is 14.0. The number of aromatic nitrogens is 2. The number of rotatable bonds is 7. The van der Waals surface area contributed by atoms with Crippen LogP contribution in [0.25, 0.3) is 10.2 Å². The van der Waals surface area contributed by atoms with E-state index in [1.807, 2.05) is 24.3 Å². The van der Waals surface area contributed by atoms with E-state index in [1.165, 1.54) is 33.3 Å². The number of benzene rings is 2. The molecule has 1 saturated heterocycles. The Hall–Kier alpha value is -2.85. The lowest BCUT2D eigenvalue weighted by molar-refractivity contribution is -0.121. The van der Waals surface area contributed by atoms with Crippen LogP contribution < -0.4 is 4.90 Å². The van der Waals surface area contributed by atoms with Gasteiger partial charge in [0.2, 0.25) is 15.9 Å². The first-order valence-electron chi connectivity index (χ1n) is 11.7. The van der Waals surface area contributed by atoms with E-state index in [0.717, 1.165) is 22.2 Å². The van der Waals surface area contributed by atoms with Crippen molar-refractivity contribution < 1.29 is 13.2 Å². The van der Waals surface area contributed by atoms with Crippen molar-refractivity contribution in [3.63, 3.8) is 0 Å². The molecule has 1 fully saturated rings. The van der Waals surface area contributed by atoms with Gasteiger partial charge in [-0.2, -0.15) is 4.31 Å². The summed E-state index contributed by atoms with van der Waals surface area (Å²) in [6.07, 6.45) is 5.33. The fourth-order valence-electron chi connectivity index (χ4n) is 4.40. The normalized spacial score (nSPS) is 16.4. The number of hydrogen-bond donors (Lipinski definition) is 0. The van der Waals surface area contributed by atoms with Gasteiger partial charge in [0.05, 0.1) is 21.7 Å². The molecule has 2 aromatic carbocycles. The Bertz CT molecular complexity index is 1490. The number of anilines is 1. The van der Waals surface area contributed by atoms with E-state index in [4.69, 9.17) is 16.6 Å².